The molecule has 0 unspecified atom stereocenters. The van der Waals surface area contributed by atoms with Gasteiger partial charge in [-0.3, -0.25) is 9.59 Å². The van der Waals surface area contributed by atoms with Crippen LogP contribution in [0.2, 0.25) is 5.02 Å². The van der Waals surface area contributed by atoms with E-state index in [0.29, 0.717) is 49.7 Å². The molecule has 0 aliphatic carbocycles. The summed E-state index contributed by atoms with van der Waals surface area (Å²) < 4.78 is 21.1. The van der Waals surface area contributed by atoms with Crippen molar-refractivity contribution in [3.8, 4) is 0 Å². The maximum Gasteiger partial charge on any atom is 0.274 e. The molecule has 5 rings (SSSR count). The normalized spacial score (nSPS) is 18.2. The monoisotopic (exact) mass is 496 g/mol. The van der Waals surface area contributed by atoms with Crippen molar-refractivity contribution in [2.24, 2.45) is 5.92 Å². The summed E-state index contributed by atoms with van der Waals surface area (Å²) in [4.78, 5) is 31.9. The van der Waals surface area contributed by atoms with Gasteiger partial charge in [0.2, 0.25) is 5.91 Å². The van der Waals surface area contributed by atoms with Crippen molar-refractivity contribution in [1.82, 2.24) is 19.8 Å². The molecule has 2 amide bonds. The van der Waals surface area contributed by atoms with Gasteiger partial charge < -0.3 is 19.5 Å². The lowest BCUT2D eigenvalue weighted by molar-refractivity contribution is -0.126. The number of amides is 2. The van der Waals surface area contributed by atoms with E-state index in [2.05, 4.69) is 10.3 Å². The smallest absolute Gasteiger partial charge is 0.274 e. The number of nitrogens with one attached hydrogen (secondary N) is 1. The molecule has 182 valence electrons. The number of benzene rings is 2. The fourth-order valence-corrected chi connectivity index (χ4v) is 4.87. The third-order valence-electron chi connectivity index (χ3n) is 6.68. The maximum atomic E-state index is 13.2. The Kier molecular flexibility index (Phi) is 6.83. The lowest BCUT2D eigenvalue weighted by Crippen LogP contribution is -2.43. The second kappa shape index (κ2) is 10.2. The van der Waals surface area contributed by atoms with Crippen LogP contribution in [0.25, 0.3) is 0 Å². The van der Waals surface area contributed by atoms with E-state index in [4.69, 9.17) is 16.3 Å². The first-order valence-electron chi connectivity index (χ1n) is 11.7. The van der Waals surface area contributed by atoms with Crippen molar-refractivity contribution in [2.75, 3.05) is 13.1 Å². The van der Waals surface area contributed by atoms with E-state index >= 15 is 0 Å². The number of halogens is 2. The molecule has 1 saturated heterocycles. The summed E-state index contributed by atoms with van der Waals surface area (Å²) in [6, 6.07) is 13.7. The van der Waals surface area contributed by atoms with Gasteiger partial charge in [-0.05, 0) is 48.2 Å². The van der Waals surface area contributed by atoms with Gasteiger partial charge >= 0.3 is 0 Å². The van der Waals surface area contributed by atoms with E-state index in [9.17, 15) is 14.0 Å². The van der Waals surface area contributed by atoms with Gasteiger partial charge in [0.05, 0.1) is 25.2 Å². The van der Waals surface area contributed by atoms with Crippen LogP contribution in [0.1, 0.15) is 46.3 Å². The average molecular weight is 497 g/mol. The molecule has 1 N–H and O–H groups in total. The minimum atomic E-state index is -0.289. The van der Waals surface area contributed by atoms with Gasteiger partial charge in [-0.15, -0.1) is 0 Å². The van der Waals surface area contributed by atoms with E-state index in [1.165, 1.54) is 12.1 Å². The first-order chi connectivity index (χ1) is 17.0. The molecule has 2 aliphatic rings. The number of hydrogen-bond donors (Lipinski definition) is 1. The number of likely N-dealkylation sites (tertiary alicyclic amines) is 1. The molecule has 1 aromatic heterocycles. The number of carbonyl (C=O) groups excluding carboxylic acids is 2. The second-order valence-electron chi connectivity index (χ2n) is 8.96. The van der Waals surface area contributed by atoms with Gasteiger partial charge in [-0.2, -0.15) is 0 Å². The van der Waals surface area contributed by atoms with E-state index in [0.717, 1.165) is 16.8 Å². The van der Waals surface area contributed by atoms with Crippen LogP contribution in [0.3, 0.4) is 0 Å². The van der Waals surface area contributed by atoms with Crippen molar-refractivity contribution in [1.29, 1.82) is 0 Å². The standard InChI is InChI=1S/C26H26ClFN4O3/c27-20-3-1-2-17(12-20)13-29-25(33)19-8-10-31(11-9-19)26(34)24-22-15-35-23(14-32(22)16-30-24)18-4-6-21(28)7-5-18/h1-7,12,16,19,23H,8-11,13-15H2,(H,29,33)/t23-/m1/s1. The van der Waals surface area contributed by atoms with Crippen LogP contribution in [-0.4, -0.2) is 39.4 Å². The summed E-state index contributed by atoms with van der Waals surface area (Å²) in [5, 5.41) is 3.62. The Morgan fingerprint density at radius 3 is 2.66 bits per heavy atom. The molecule has 2 aromatic carbocycles. The maximum absolute atomic E-state index is 13.2. The average Bonchev–Trinajstić information content (AvgIpc) is 3.31. The lowest BCUT2D eigenvalue weighted by Gasteiger charge is -2.31. The summed E-state index contributed by atoms with van der Waals surface area (Å²) in [6.45, 7) is 2.19. The number of carbonyl (C=O) groups is 2. The molecule has 0 saturated carbocycles. The predicted molar refractivity (Wildman–Crippen MR) is 128 cm³/mol. The molecule has 0 bridgehead atoms. The zero-order valence-corrected chi connectivity index (χ0v) is 19.9. The Balaban J connectivity index is 1.15. The van der Waals surface area contributed by atoms with Crippen molar-refractivity contribution in [3.05, 3.63) is 88.2 Å². The zero-order chi connectivity index (χ0) is 24.4. The summed E-state index contributed by atoms with van der Waals surface area (Å²) in [5.74, 6) is -0.561. The third kappa shape index (κ3) is 5.23. The second-order valence-corrected chi connectivity index (χ2v) is 9.39. The van der Waals surface area contributed by atoms with Crippen LogP contribution in [0, 0.1) is 11.7 Å². The summed E-state index contributed by atoms with van der Waals surface area (Å²) >= 11 is 6.00. The summed E-state index contributed by atoms with van der Waals surface area (Å²) in [7, 11) is 0. The van der Waals surface area contributed by atoms with Crippen molar-refractivity contribution in [3.63, 3.8) is 0 Å². The number of fused-ring (bicyclic) bond motifs is 1. The molecule has 35 heavy (non-hydrogen) atoms. The molecule has 3 heterocycles. The van der Waals surface area contributed by atoms with Gasteiger partial charge in [0.15, 0.2) is 5.69 Å². The molecule has 1 fully saturated rings. The van der Waals surface area contributed by atoms with Crippen LogP contribution in [0.15, 0.2) is 54.9 Å². The van der Waals surface area contributed by atoms with Crippen LogP contribution in [0.4, 0.5) is 4.39 Å². The lowest BCUT2D eigenvalue weighted by atomic mass is 9.95. The number of ether oxygens (including phenoxy) is 1. The van der Waals surface area contributed by atoms with Crippen molar-refractivity contribution >= 4 is 23.4 Å². The Morgan fingerprint density at radius 2 is 1.91 bits per heavy atom. The van der Waals surface area contributed by atoms with Crippen LogP contribution in [-0.2, 0) is 29.2 Å². The van der Waals surface area contributed by atoms with Gasteiger partial charge in [-0.25, -0.2) is 9.37 Å². The van der Waals surface area contributed by atoms with Crippen LogP contribution in [0.5, 0.6) is 0 Å². The first-order valence-corrected chi connectivity index (χ1v) is 12.1. The third-order valence-corrected chi connectivity index (χ3v) is 6.92. The molecule has 1 atom stereocenters. The molecule has 3 aromatic rings. The predicted octanol–water partition coefficient (Wildman–Crippen LogP) is 4.12. The molecule has 0 spiro atoms. The number of piperidine rings is 1. The molecular formula is C26H26ClFN4O3. The van der Waals surface area contributed by atoms with Gasteiger partial charge in [0.25, 0.3) is 5.91 Å². The highest BCUT2D eigenvalue weighted by Crippen LogP contribution is 2.29. The Hall–Kier alpha value is -3.23. The number of imidazole rings is 1. The fraction of sp³-hybridized carbons (Fsp3) is 0.346. The van der Waals surface area contributed by atoms with Gasteiger partial charge in [-0.1, -0.05) is 35.9 Å². The minimum absolute atomic E-state index is 0.00307. The SMILES string of the molecule is O=C(NCc1cccc(Cl)c1)C1CCN(C(=O)c2ncn3c2CO[C@@H](c2ccc(F)cc2)C3)CC1. The topological polar surface area (TPSA) is 76.5 Å². The fourth-order valence-electron chi connectivity index (χ4n) is 4.66. The van der Waals surface area contributed by atoms with E-state index in [-0.39, 0.29) is 36.3 Å². The van der Waals surface area contributed by atoms with Crippen molar-refractivity contribution in [2.45, 2.75) is 38.6 Å². The quantitative estimate of drug-likeness (QED) is 0.576. The Labute approximate surface area is 207 Å². The largest absolute Gasteiger partial charge is 0.365 e. The van der Waals surface area contributed by atoms with Crippen LogP contribution < -0.4 is 5.32 Å². The number of nitrogens with zero attached hydrogens (tertiary/aromatic N) is 3. The minimum Gasteiger partial charge on any atom is -0.365 e. The first kappa shape index (κ1) is 23.5. The summed E-state index contributed by atoms with van der Waals surface area (Å²) in [6.07, 6.45) is 2.65. The van der Waals surface area contributed by atoms with E-state index in [1.807, 2.05) is 22.8 Å². The van der Waals surface area contributed by atoms with Gasteiger partial charge in [0, 0.05) is 30.6 Å². The molecular weight excluding hydrogens is 471 g/mol. The Bertz CT molecular complexity index is 1220. The molecule has 0 radical (unpaired) electrons. The highest BCUT2D eigenvalue weighted by Gasteiger charge is 2.32. The van der Waals surface area contributed by atoms with E-state index in [1.54, 1.807) is 29.4 Å². The highest BCUT2D eigenvalue weighted by atomic mass is 35.5. The number of hydrogen-bond acceptors (Lipinski definition) is 4. The summed E-state index contributed by atoms with van der Waals surface area (Å²) in [5.41, 5.74) is 2.97. The zero-order valence-electron chi connectivity index (χ0n) is 19.1. The number of aromatic nitrogens is 2. The molecule has 2 aliphatic heterocycles. The highest BCUT2D eigenvalue weighted by molar-refractivity contribution is 6.30. The Morgan fingerprint density at radius 1 is 1.14 bits per heavy atom. The molecule has 7 nitrogen and oxygen atoms in total. The number of rotatable bonds is 5. The van der Waals surface area contributed by atoms with Gasteiger partial charge in [0.1, 0.15) is 11.9 Å². The van der Waals surface area contributed by atoms with Crippen LogP contribution >= 0.6 is 11.6 Å². The molecule has 9 heteroatoms. The van der Waals surface area contributed by atoms with Crippen molar-refractivity contribution < 1.29 is 18.7 Å². The van der Waals surface area contributed by atoms with E-state index < -0.39 is 0 Å².